The summed E-state index contributed by atoms with van der Waals surface area (Å²) in [6.07, 6.45) is -10.9. The third-order valence-corrected chi connectivity index (χ3v) is 3.93. The van der Waals surface area contributed by atoms with Crippen LogP contribution in [0.15, 0.2) is 0 Å². The Bertz CT molecular complexity index is 693. The zero-order chi connectivity index (χ0) is 20.8. The van der Waals surface area contributed by atoms with E-state index in [0.29, 0.717) is 0 Å². The Balaban J connectivity index is 3.03. The summed E-state index contributed by atoms with van der Waals surface area (Å²) in [5.41, 5.74) is 5.19. The van der Waals surface area contributed by atoms with Crippen LogP contribution in [0.25, 0.3) is 0 Å². The van der Waals surface area contributed by atoms with Crippen LogP contribution in [-0.2, 0) is 48.2 Å². The van der Waals surface area contributed by atoms with Gasteiger partial charge in [-0.15, -0.1) is 0 Å². The minimum Gasteiger partial charge on any atom is -0.479 e. The molecule has 1 rings (SSSR count). The van der Waals surface area contributed by atoms with Crippen LogP contribution in [0.5, 0.6) is 0 Å². The third kappa shape index (κ3) is 8.27. The number of aliphatic carboxylic acids is 1. The van der Waals surface area contributed by atoms with E-state index in [1.54, 1.807) is 0 Å². The number of ether oxygens (including phenoxy) is 3. The lowest BCUT2D eigenvalue weighted by atomic mass is 9.99. The van der Waals surface area contributed by atoms with Gasteiger partial charge in [0.15, 0.2) is 18.5 Å². The normalized spacial score (nSPS) is 29.6. The van der Waals surface area contributed by atoms with Crippen molar-refractivity contribution < 1.29 is 63.5 Å². The molecular formula is C10H19NO14S2. The number of carboxylic acid groups (broad SMARTS) is 1. The molecule has 5 atom stereocenters. The van der Waals surface area contributed by atoms with E-state index in [1.165, 1.54) is 0 Å². The number of carbonyl (C=O) groups is 1. The van der Waals surface area contributed by atoms with E-state index in [2.05, 4.69) is 8.37 Å². The Morgan fingerprint density at radius 1 is 1.00 bits per heavy atom. The standard InChI is InChI=1S/C10H19NO14S2/c11-1-2-21-3-4-22-10-7(25-27(18,19)20)5(12)6(24-26(15,16)17)8(23-10)9(13)14/h5-8,10,12H,1-4,11H2,(H,13,14)(H,15,16,17)(H,18,19,20)/t5-,6-,7+,8+,10+/m0/s1. The first-order chi connectivity index (χ1) is 12.4. The fourth-order valence-corrected chi connectivity index (χ4v) is 3.04. The van der Waals surface area contributed by atoms with Crippen molar-refractivity contribution >= 4 is 26.8 Å². The molecule has 27 heavy (non-hydrogen) atoms. The van der Waals surface area contributed by atoms with Gasteiger partial charge in [-0.2, -0.15) is 16.8 Å². The van der Waals surface area contributed by atoms with Crippen LogP contribution in [-0.4, -0.2) is 99.2 Å². The average Bonchev–Trinajstić information content (AvgIpc) is 2.50. The first-order valence-corrected chi connectivity index (χ1v) is 9.86. The topological polar surface area (TPSA) is 238 Å². The van der Waals surface area contributed by atoms with Crippen molar-refractivity contribution in [1.82, 2.24) is 0 Å². The van der Waals surface area contributed by atoms with Gasteiger partial charge in [-0.25, -0.2) is 13.2 Å². The molecule has 6 N–H and O–H groups in total. The quantitative estimate of drug-likeness (QED) is 0.154. The van der Waals surface area contributed by atoms with Gasteiger partial charge in [-0.1, -0.05) is 0 Å². The van der Waals surface area contributed by atoms with Gasteiger partial charge >= 0.3 is 26.8 Å². The average molecular weight is 441 g/mol. The largest absolute Gasteiger partial charge is 0.479 e. The van der Waals surface area contributed by atoms with Crippen LogP contribution in [0.1, 0.15) is 0 Å². The molecule has 0 amide bonds. The highest BCUT2D eigenvalue weighted by Crippen LogP contribution is 2.28. The number of nitrogens with two attached hydrogens (primary N) is 1. The van der Waals surface area contributed by atoms with Crippen molar-refractivity contribution in [1.29, 1.82) is 0 Å². The highest BCUT2D eigenvalue weighted by molar-refractivity contribution is 7.81. The molecule has 1 aliphatic rings. The molecule has 1 heterocycles. The molecule has 0 spiro atoms. The lowest BCUT2D eigenvalue weighted by Crippen LogP contribution is -2.62. The third-order valence-electron chi connectivity index (χ3n) is 3.00. The van der Waals surface area contributed by atoms with Crippen LogP contribution >= 0.6 is 0 Å². The molecule has 0 saturated carbocycles. The fourth-order valence-electron chi connectivity index (χ4n) is 2.06. The van der Waals surface area contributed by atoms with E-state index in [9.17, 15) is 26.7 Å². The van der Waals surface area contributed by atoms with E-state index in [-0.39, 0.29) is 26.4 Å². The summed E-state index contributed by atoms with van der Waals surface area (Å²) >= 11 is 0. The lowest BCUT2D eigenvalue weighted by Gasteiger charge is -2.40. The van der Waals surface area contributed by atoms with Crippen molar-refractivity contribution in [2.24, 2.45) is 5.73 Å². The first kappa shape index (κ1) is 24.0. The van der Waals surface area contributed by atoms with E-state index in [1.807, 2.05) is 0 Å². The molecule has 0 unspecified atom stereocenters. The Labute approximate surface area is 153 Å². The molecule has 17 heteroatoms. The van der Waals surface area contributed by atoms with Crippen LogP contribution < -0.4 is 5.73 Å². The molecule has 160 valence electrons. The van der Waals surface area contributed by atoms with Crippen molar-refractivity contribution in [3.63, 3.8) is 0 Å². The molecule has 15 nitrogen and oxygen atoms in total. The summed E-state index contributed by atoms with van der Waals surface area (Å²) in [6, 6.07) is 0. The molecule has 0 aromatic rings. The number of hydrogen-bond acceptors (Lipinski definition) is 12. The summed E-state index contributed by atoms with van der Waals surface area (Å²) in [7, 11) is -10.5. The monoisotopic (exact) mass is 441 g/mol. The molecule has 0 bridgehead atoms. The Morgan fingerprint density at radius 3 is 2.04 bits per heavy atom. The summed E-state index contributed by atoms with van der Waals surface area (Å²) in [6.45, 7) is -0.0410. The van der Waals surface area contributed by atoms with E-state index in [4.69, 9.17) is 34.2 Å². The van der Waals surface area contributed by atoms with Gasteiger partial charge in [0.25, 0.3) is 0 Å². The molecule has 0 aromatic carbocycles. The minimum atomic E-state index is -5.28. The van der Waals surface area contributed by atoms with Gasteiger partial charge < -0.3 is 30.2 Å². The molecule has 0 aromatic heterocycles. The van der Waals surface area contributed by atoms with Crippen LogP contribution in [0, 0.1) is 0 Å². The van der Waals surface area contributed by atoms with Crippen LogP contribution in [0.4, 0.5) is 0 Å². The second kappa shape index (κ2) is 9.98. The Morgan fingerprint density at radius 2 is 1.56 bits per heavy atom. The fraction of sp³-hybridized carbons (Fsp3) is 0.900. The van der Waals surface area contributed by atoms with Crippen molar-refractivity contribution in [2.45, 2.75) is 30.7 Å². The summed E-state index contributed by atoms with van der Waals surface area (Å²) < 4.78 is 84.3. The van der Waals surface area contributed by atoms with Gasteiger partial charge in [0, 0.05) is 6.54 Å². The highest BCUT2D eigenvalue weighted by Gasteiger charge is 2.53. The van der Waals surface area contributed by atoms with Crippen molar-refractivity contribution in [3.8, 4) is 0 Å². The zero-order valence-electron chi connectivity index (χ0n) is 13.5. The van der Waals surface area contributed by atoms with E-state index in [0.717, 1.165) is 0 Å². The molecular weight excluding hydrogens is 422 g/mol. The summed E-state index contributed by atoms with van der Waals surface area (Å²) in [4.78, 5) is 11.3. The minimum absolute atomic E-state index is 0.0889. The predicted octanol–water partition coefficient (Wildman–Crippen LogP) is -3.48. The zero-order valence-corrected chi connectivity index (χ0v) is 15.1. The SMILES string of the molecule is NCCOCCO[C@@H]1O[C@@H](C(=O)O)[C@@H](OS(=O)(=O)O)[C@H](O)[C@H]1OS(=O)(=O)O. The van der Waals surface area contributed by atoms with Gasteiger partial charge in [0.05, 0.1) is 19.8 Å². The molecule has 0 radical (unpaired) electrons. The highest BCUT2D eigenvalue weighted by atomic mass is 32.3. The van der Waals surface area contributed by atoms with Gasteiger partial charge in [-0.05, 0) is 0 Å². The maximum atomic E-state index is 11.3. The van der Waals surface area contributed by atoms with Crippen molar-refractivity contribution in [3.05, 3.63) is 0 Å². The Hall–Kier alpha value is -0.990. The number of aliphatic hydroxyl groups is 1. The Kier molecular flexibility index (Phi) is 8.89. The number of carboxylic acids is 1. The first-order valence-electron chi connectivity index (χ1n) is 7.13. The summed E-state index contributed by atoms with van der Waals surface area (Å²) in [5, 5.41) is 19.2. The molecule has 1 aliphatic heterocycles. The number of hydrogen-bond donors (Lipinski definition) is 5. The van der Waals surface area contributed by atoms with Gasteiger partial charge in [0.2, 0.25) is 0 Å². The van der Waals surface area contributed by atoms with Gasteiger partial charge in [0.1, 0.15) is 12.2 Å². The number of rotatable bonds is 11. The summed E-state index contributed by atoms with van der Waals surface area (Å²) in [5.74, 6) is -1.83. The van der Waals surface area contributed by atoms with E-state index < -0.39 is 57.5 Å². The molecule has 0 aliphatic carbocycles. The van der Waals surface area contributed by atoms with Crippen molar-refractivity contribution in [2.75, 3.05) is 26.4 Å². The van der Waals surface area contributed by atoms with Crippen LogP contribution in [0.2, 0.25) is 0 Å². The second-order valence-electron chi connectivity index (χ2n) is 5.00. The lowest BCUT2D eigenvalue weighted by molar-refractivity contribution is -0.286. The smallest absolute Gasteiger partial charge is 0.397 e. The second-order valence-corrected chi connectivity index (χ2v) is 7.10. The maximum Gasteiger partial charge on any atom is 0.397 e. The van der Waals surface area contributed by atoms with Crippen LogP contribution in [0.3, 0.4) is 0 Å². The molecule has 1 fully saturated rings. The predicted molar refractivity (Wildman–Crippen MR) is 81.0 cm³/mol. The maximum absolute atomic E-state index is 11.3. The van der Waals surface area contributed by atoms with E-state index >= 15 is 0 Å². The molecule has 1 saturated heterocycles. The van der Waals surface area contributed by atoms with Gasteiger partial charge in [-0.3, -0.25) is 9.11 Å². The number of aliphatic hydroxyl groups excluding tert-OH is 1.